The predicted molar refractivity (Wildman–Crippen MR) is 97.5 cm³/mol. The van der Waals surface area contributed by atoms with Gasteiger partial charge in [0.1, 0.15) is 12.4 Å². The van der Waals surface area contributed by atoms with E-state index in [9.17, 15) is 9.59 Å². The molecule has 2 amide bonds. The number of carbonyl (C=O) groups excluding carboxylic acids is 2. The van der Waals surface area contributed by atoms with Gasteiger partial charge in [-0.05, 0) is 59.3 Å². The Bertz CT molecular complexity index is 719. The van der Waals surface area contributed by atoms with Crippen LogP contribution in [-0.4, -0.2) is 31.6 Å². The molecular formula is C18H19BrN2O4. The zero-order chi connectivity index (χ0) is 18.1. The fraction of sp³-hybridized carbons (Fsp3) is 0.222. The minimum absolute atomic E-state index is 0.406. The van der Waals surface area contributed by atoms with Gasteiger partial charge in [-0.1, -0.05) is 12.1 Å². The number of hydrogen-bond acceptors (Lipinski definition) is 4. The first kappa shape index (κ1) is 19.0. The maximum absolute atomic E-state index is 12.1. The Morgan fingerprint density at radius 1 is 0.960 bits per heavy atom. The van der Waals surface area contributed by atoms with Crippen molar-refractivity contribution in [3.63, 3.8) is 0 Å². The first-order valence-corrected chi connectivity index (χ1v) is 8.57. The van der Waals surface area contributed by atoms with E-state index < -0.39 is 11.8 Å². The maximum Gasteiger partial charge on any atom is 0.270 e. The largest absolute Gasteiger partial charge is 0.491 e. The van der Waals surface area contributed by atoms with Gasteiger partial charge in [0, 0.05) is 16.6 Å². The van der Waals surface area contributed by atoms with E-state index in [4.69, 9.17) is 9.47 Å². The average molecular weight is 407 g/mol. The van der Waals surface area contributed by atoms with E-state index in [1.165, 1.54) is 0 Å². The highest BCUT2D eigenvalue weighted by Crippen LogP contribution is 2.15. The third kappa shape index (κ3) is 5.88. The topological polar surface area (TPSA) is 76.7 Å². The fourth-order valence-electron chi connectivity index (χ4n) is 1.96. The van der Waals surface area contributed by atoms with E-state index in [1.54, 1.807) is 48.5 Å². The van der Waals surface area contributed by atoms with Crippen molar-refractivity contribution in [1.29, 1.82) is 0 Å². The first-order chi connectivity index (χ1) is 12.1. The minimum atomic E-state index is -0.415. The van der Waals surface area contributed by atoms with Crippen LogP contribution in [0.25, 0.3) is 0 Å². The van der Waals surface area contributed by atoms with Crippen LogP contribution in [0.2, 0.25) is 0 Å². The second-order valence-corrected chi connectivity index (χ2v) is 5.81. The standard InChI is InChI=1S/C18H19BrN2O4/c1-2-24-11-12-25-14-9-7-13(8-10-14)17(22)20-21-18(23)15-5-3-4-6-16(15)19/h3-10H,2,11-12H2,1H3,(H,20,22)(H,21,23). The van der Waals surface area contributed by atoms with E-state index in [1.807, 2.05) is 6.92 Å². The summed E-state index contributed by atoms with van der Waals surface area (Å²) in [5, 5.41) is 0. The van der Waals surface area contributed by atoms with Gasteiger partial charge < -0.3 is 9.47 Å². The molecule has 2 N–H and O–H groups in total. The quantitative estimate of drug-likeness (QED) is 0.547. The van der Waals surface area contributed by atoms with Crippen LogP contribution in [0, 0.1) is 0 Å². The van der Waals surface area contributed by atoms with Crippen LogP contribution in [0.15, 0.2) is 53.0 Å². The molecule has 7 heteroatoms. The van der Waals surface area contributed by atoms with Gasteiger partial charge in [-0.3, -0.25) is 20.4 Å². The summed E-state index contributed by atoms with van der Waals surface area (Å²) < 4.78 is 11.3. The van der Waals surface area contributed by atoms with Crippen LogP contribution in [0.4, 0.5) is 0 Å². The van der Waals surface area contributed by atoms with Crippen molar-refractivity contribution in [1.82, 2.24) is 10.9 Å². The van der Waals surface area contributed by atoms with Gasteiger partial charge in [-0.25, -0.2) is 0 Å². The molecular weight excluding hydrogens is 388 g/mol. The molecule has 0 aliphatic carbocycles. The van der Waals surface area contributed by atoms with E-state index in [2.05, 4.69) is 26.8 Å². The maximum atomic E-state index is 12.1. The molecule has 0 saturated carbocycles. The zero-order valence-corrected chi connectivity index (χ0v) is 15.3. The number of rotatable bonds is 7. The molecule has 2 aromatic rings. The molecule has 0 saturated heterocycles. The number of hydrazine groups is 1. The molecule has 2 aromatic carbocycles. The lowest BCUT2D eigenvalue weighted by Gasteiger charge is -2.09. The van der Waals surface area contributed by atoms with Crippen molar-refractivity contribution in [2.75, 3.05) is 19.8 Å². The molecule has 0 aromatic heterocycles. The second-order valence-electron chi connectivity index (χ2n) is 4.96. The zero-order valence-electron chi connectivity index (χ0n) is 13.8. The van der Waals surface area contributed by atoms with Crippen LogP contribution >= 0.6 is 15.9 Å². The number of halogens is 1. The summed E-state index contributed by atoms with van der Waals surface area (Å²) in [7, 11) is 0. The SMILES string of the molecule is CCOCCOc1ccc(C(=O)NNC(=O)c2ccccc2Br)cc1. The van der Waals surface area contributed by atoms with E-state index in [-0.39, 0.29) is 0 Å². The van der Waals surface area contributed by atoms with Gasteiger partial charge in [0.2, 0.25) is 0 Å². The number of nitrogens with one attached hydrogen (secondary N) is 2. The Kier molecular flexibility index (Phi) is 7.43. The first-order valence-electron chi connectivity index (χ1n) is 7.77. The monoisotopic (exact) mass is 406 g/mol. The van der Waals surface area contributed by atoms with Crippen molar-refractivity contribution in [3.8, 4) is 5.75 Å². The van der Waals surface area contributed by atoms with Crippen molar-refractivity contribution in [2.45, 2.75) is 6.92 Å². The third-order valence-corrected chi connectivity index (χ3v) is 3.92. The van der Waals surface area contributed by atoms with Gasteiger partial charge in [0.05, 0.1) is 12.2 Å². The van der Waals surface area contributed by atoms with Crippen molar-refractivity contribution in [2.24, 2.45) is 0 Å². The molecule has 0 unspecified atom stereocenters. The van der Waals surface area contributed by atoms with Crippen LogP contribution in [-0.2, 0) is 4.74 Å². The lowest BCUT2D eigenvalue weighted by Crippen LogP contribution is -2.41. The summed E-state index contributed by atoms with van der Waals surface area (Å²) in [5.74, 6) is -0.175. The Morgan fingerprint density at radius 3 is 2.32 bits per heavy atom. The number of carbonyl (C=O) groups is 2. The van der Waals surface area contributed by atoms with Gasteiger partial charge >= 0.3 is 0 Å². The normalized spacial score (nSPS) is 10.2. The molecule has 0 fully saturated rings. The Labute approximate surface area is 154 Å². The number of benzene rings is 2. The van der Waals surface area contributed by atoms with Crippen LogP contribution in [0.1, 0.15) is 27.6 Å². The Hall–Kier alpha value is -2.38. The smallest absolute Gasteiger partial charge is 0.270 e. The van der Waals surface area contributed by atoms with Crippen molar-refractivity contribution >= 4 is 27.7 Å². The predicted octanol–water partition coefficient (Wildman–Crippen LogP) is 2.94. The fourth-order valence-corrected chi connectivity index (χ4v) is 2.43. The second kappa shape index (κ2) is 9.80. The third-order valence-electron chi connectivity index (χ3n) is 3.23. The van der Waals surface area contributed by atoms with E-state index in [0.717, 1.165) is 0 Å². The number of ether oxygens (including phenoxy) is 2. The summed E-state index contributed by atoms with van der Waals surface area (Å²) >= 11 is 3.29. The van der Waals surface area contributed by atoms with Crippen LogP contribution in [0.3, 0.4) is 0 Å². The van der Waals surface area contributed by atoms with Gasteiger partial charge in [-0.2, -0.15) is 0 Å². The van der Waals surface area contributed by atoms with E-state index >= 15 is 0 Å². The summed E-state index contributed by atoms with van der Waals surface area (Å²) in [6, 6.07) is 13.6. The highest BCUT2D eigenvalue weighted by molar-refractivity contribution is 9.10. The number of hydrogen-bond donors (Lipinski definition) is 2. The van der Waals surface area contributed by atoms with Gasteiger partial charge in [0.25, 0.3) is 11.8 Å². The molecule has 0 spiro atoms. The molecule has 0 bridgehead atoms. The molecule has 0 heterocycles. The molecule has 0 aliphatic heterocycles. The average Bonchev–Trinajstić information content (AvgIpc) is 2.64. The Balaban J connectivity index is 1.84. The van der Waals surface area contributed by atoms with Crippen LogP contribution < -0.4 is 15.6 Å². The lowest BCUT2D eigenvalue weighted by molar-refractivity contribution is 0.0846. The van der Waals surface area contributed by atoms with Crippen molar-refractivity contribution < 1.29 is 19.1 Å². The summed E-state index contributed by atoms with van der Waals surface area (Å²) in [5.41, 5.74) is 5.61. The minimum Gasteiger partial charge on any atom is -0.491 e. The Morgan fingerprint density at radius 2 is 1.64 bits per heavy atom. The molecule has 0 aliphatic rings. The highest BCUT2D eigenvalue weighted by Gasteiger charge is 2.11. The molecule has 132 valence electrons. The molecule has 0 radical (unpaired) electrons. The summed E-state index contributed by atoms with van der Waals surface area (Å²) in [6.07, 6.45) is 0. The molecule has 25 heavy (non-hydrogen) atoms. The van der Waals surface area contributed by atoms with Gasteiger partial charge in [-0.15, -0.1) is 0 Å². The lowest BCUT2D eigenvalue weighted by atomic mass is 10.2. The summed E-state index contributed by atoms with van der Waals surface area (Å²) in [6.45, 7) is 3.53. The van der Waals surface area contributed by atoms with E-state index in [0.29, 0.717) is 41.2 Å². The highest BCUT2D eigenvalue weighted by atomic mass is 79.9. The number of amides is 2. The molecule has 2 rings (SSSR count). The van der Waals surface area contributed by atoms with Gasteiger partial charge in [0.15, 0.2) is 0 Å². The molecule has 0 atom stereocenters. The molecule has 6 nitrogen and oxygen atoms in total. The van der Waals surface area contributed by atoms with Crippen LogP contribution in [0.5, 0.6) is 5.75 Å². The summed E-state index contributed by atoms with van der Waals surface area (Å²) in [4.78, 5) is 24.1. The van der Waals surface area contributed by atoms with Crippen molar-refractivity contribution in [3.05, 3.63) is 64.1 Å².